The van der Waals surface area contributed by atoms with Crippen molar-refractivity contribution in [3.8, 4) is 11.3 Å². The topological polar surface area (TPSA) is 144 Å². The number of nitrogens with two attached hydrogens (primary N) is 1. The van der Waals surface area contributed by atoms with Gasteiger partial charge in [0.15, 0.2) is 9.84 Å². The molecule has 0 spiro atoms. The first-order chi connectivity index (χ1) is 18.3. The van der Waals surface area contributed by atoms with Crippen LogP contribution in [0.5, 0.6) is 0 Å². The van der Waals surface area contributed by atoms with Crippen molar-refractivity contribution in [3.05, 3.63) is 71.4 Å². The maximum atomic E-state index is 14.7. The zero-order valence-electron chi connectivity index (χ0n) is 21.3. The van der Waals surface area contributed by atoms with E-state index in [0.29, 0.717) is 24.1 Å². The Morgan fingerprint density at radius 1 is 1.21 bits per heavy atom. The van der Waals surface area contributed by atoms with Crippen LogP contribution in [0, 0.1) is 17.5 Å². The van der Waals surface area contributed by atoms with Crippen molar-refractivity contribution in [1.29, 1.82) is 0 Å². The Morgan fingerprint density at radius 2 is 1.87 bits per heavy atom. The number of sulfone groups is 1. The average molecular weight is 565 g/mol. The maximum absolute atomic E-state index is 14.7. The number of hydrogen-bond acceptors (Lipinski definition) is 8. The predicted octanol–water partition coefficient (Wildman–Crippen LogP) is 3.54. The van der Waals surface area contributed by atoms with E-state index in [4.69, 9.17) is 10.5 Å². The Hall–Kier alpha value is -3.39. The molecule has 1 fully saturated rings. The Labute approximate surface area is 223 Å². The smallest absolute Gasteiger partial charge is 0.274 e. The molecule has 2 aromatic heterocycles. The van der Waals surface area contributed by atoms with Crippen LogP contribution in [-0.4, -0.2) is 53.4 Å². The van der Waals surface area contributed by atoms with Gasteiger partial charge in [-0.2, -0.15) is 0 Å². The number of ether oxygens (including phenoxy) is 1. The molecule has 4 N–H and O–H groups in total. The highest BCUT2D eigenvalue weighted by Gasteiger charge is 2.46. The van der Waals surface area contributed by atoms with Gasteiger partial charge < -0.3 is 20.9 Å². The molecule has 0 unspecified atom stereocenters. The predicted molar refractivity (Wildman–Crippen MR) is 136 cm³/mol. The van der Waals surface area contributed by atoms with Crippen molar-refractivity contribution in [1.82, 2.24) is 9.97 Å². The minimum atomic E-state index is -3.94. The molecule has 1 amide bonds. The zero-order valence-corrected chi connectivity index (χ0v) is 22.1. The Kier molecular flexibility index (Phi) is 7.81. The first-order valence-electron chi connectivity index (χ1n) is 12.0. The van der Waals surface area contributed by atoms with Gasteiger partial charge in [0.05, 0.1) is 34.6 Å². The van der Waals surface area contributed by atoms with Gasteiger partial charge in [0.25, 0.3) is 5.91 Å². The normalized spacial score (nSPS) is 23.4. The molecular weight excluding hydrogens is 537 g/mol. The largest absolute Gasteiger partial charge is 0.386 e. The summed E-state index contributed by atoms with van der Waals surface area (Å²) in [7, 11) is -3.94. The van der Waals surface area contributed by atoms with Crippen molar-refractivity contribution >= 4 is 21.4 Å². The van der Waals surface area contributed by atoms with E-state index in [1.165, 1.54) is 12.4 Å². The van der Waals surface area contributed by atoms with Gasteiger partial charge in [-0.15, -0.1) is 0 Å². The summed E-state index contributed by atoms with van der Waals surface area (Å²) < 4.78 is 73.5. The molecule has 4 atom stereocenters. The van der Waals surface area contributed by atoms with E-state index in [0.717, 1.165) is 18.4 Å². The van der Waals surface area contributed by atoms with Gasteiger partial charge >= 0.3 is 0 Å². The number of benzene rings is 1. The fraction of sp³-hybridized carbons (Fsp3) is 0.346. The quantitative estimate of drug-likeness (QED) is 0.413. The lowest BCUT2D eigenvalue weighted by molar-refractivity contribution is -0.181. The van der Waals surface area contributed by atoms with Crippen LogP contribution in [0.25, 0.3) is 11.3 Å². The van der Waals surface area contributed by atoms with E-state index in [1.54, 1.807) is 19.9 Å². The number of amides is 1. The van der Waals surface area contributed by atoms with Gasteiger partial charge in [0, 0.05) is 24.1 Å². The third-order valence-corrected chi connectivity index (χ3v) is 8.05. The van der Waals surface area contributed by atoms with Gasteiger partial charge in [-0.05, 0) is 50.1 Å². The van der Waals surface area contributed by atoms with Gasteiger partial charge in [-0.3, -0.25) is 9.78 Å². The number of nitrogens with one attached hydrogen (secondary N) is 1. The summed E-state index contributed by atoms with van der Waals surface area (Å²) in [6.07, 6.45) is 3.07. The molecule has 0 bridgehead atoms. The van der Waals surface area contributed by atoms with Gasteiger partial charge in [0.2, 0.25) is 0 Å². The van der Waals surface area contributed by atoms with E-state index in [-0.39, 0.29) is 17.8 Å². The van der Waals surface area contributed by atoms with E-state index < -0.39 is 73.2 Å². The Bertz CT molecular complexity index is 1500. The highest BCUT2D eigenvalue weighted by molar-refractivity contribution is 7.90. The lowest BCUT2D eigenvalue weighted by Crippen LogP contribution is -2.59. The summed E-state index contributed by atoms with van der Waals surface area (Å²) in [5.74, 6) is -4.68. The van der Waals surface area contributed by atoms with Crippen molar-refractivity contribution in [2.75, 3.05) is 11.6 Å². The van der Waals surface area contributed by atoms with Crippen LogP contribution >= 0.6 is 0 Å². The van der Waals surface area contributed by atoms with Crippen LogP contribution in [0.1, 0.15) is 48.8 Å². The molecule has 1 aromatic carbocycles. The van der Waals surface area contributed by atoms with Gasteiger partial charge in [-0.1, -0.05) is 6.92 Å². The lowest BCUT2D eigenvalue weighted by atomic mass is 9.80. The number of carbonyl (C=O) groups excluding carboxylic acids is 1. The summed E-state index contributed by atoms with van der Waals surface area (Å²) in [5, 5.41) is 13.4. The highest BCUT2D eigenvalue weighted by atomic mass is 32.2. The minimum absolute atomic E-state index is 0.233. The minimum Gasteiger partial charge on any atom is -0.386 e. The number of pyridine rings is 2. The first kappa shape index (κ1) is 28.6. The zero-order chi connectivity index (χ0) is 28.7. The molecule has 1 aliphatic heterocycles. The van der Waals surface area contributed by atoms with E-state index in [2.05, 4.69) is 15.3 Å². The Balaban J connectivity index is 1.65. The maximum Gasteiger partial charge on any atom is 0.274 e. The fourth-order valence-electron chi connectivity index (χ4n) is 4.62. The van der Waals surface area contributed by atoms with Crippen LogP contribution < -0.4 is 11.1 Å². The fourth-order valence-corrected chi connectivity index (χ4v) is 5.25. The molecule has 0 saturated carbocycles. The molecule has 39 heavy (non-hydrogen) atoms. The number of carbonyl (C=O) groups is 1. The number of halogens is 3. The summed E-state index contributed by atoms with van der Waals surface area (Å²) in [6, 6.07) is 3.97. The van der Waals surface area contributed by atoms with Crippen molar-refractivity contribution in [2.45, 2.75) is 55.4 Å². The molecule has 0 aliphatic carbocycles. The molecule has 1 aliphatic rings. The molecule has 4 rings (SSSR count). The number of aromatic nitrogens is 2. The summed E-state index contributed by atoms with van der Waals surface area (Å²) >= 11 is 0. The van der Waals surface area contributed by atoms with Crippen LogP contribution in [-0.2, 0) is 14.6 Å². The second kappa shape index (κ2) is 10.6. The van der Waals surface area contributed by atoms with E-state index in [1.807, 2.05) is 0 Å². The summed E-state index contributed by atoms with van der Waals surface area (Å²) in [6.45, 7) is 3.51. The standard InChI is InChI=1S/C26H27F3N4O5S/c1-4-26(35)13(2)38-21(11-22(26)30)15-7-8-31-12-20(15)33-25(34)19-6-5-16(27)24(32-19)23-17(28)9-14(10-18(23)29)39(3,36)37/h5-10,12-13,21-22,35H,4,11,30H2,1-3H3,(H,33,34)/t13-,21+,22-,26-/m1/s1. The number of nitrogens with zero attached hydrogens (tertiary/aromatic N) is 2. The lowest BCUT2D eigenvalue weighted by Gasteiger charge is -2.45. The molecule has 208 valence electrons. The molecule has 9 nitrogen and oxygen atoms in total. The van der Waals surface area contributed by atoms with Crippen molar-refractivity contribution < 1.29 is 36.2 Å². The second-order valence-electron chi connectivity index (χ2n) is 9.43. The van der Waals surface area contributed by atoms with E-state index >= 15 is 0 Å². The molecule has 3 aromatic rings. The van der Waals surface area contributed by atoms with Crippen LogP contribution in [0.15, 0.2) is 47.6 Å². The molecule has 1 saturated heterocycles. The molecule has 0 radical (unpaired) electrons. The van der Waals surface area contributed by atoms with Gasteiger partial charge in [0.1, 0.15) is 34.4 Å². The van der Waals surface area contributed by atoms with E-state index in [9.17, 15) is 31.5 Å². The Morgan fingerprint density at radius 3 is 2.46 bits per heavy atom. The SMILES string of the molecule is CC[C@]1(O)[C@H](N)C[C@@H](c2ccncc2NC(=O)c2ccc(F)c(-c3c(F)cc(S(C)(=O)=O)cc3F)n2)O[C@@H]1C. The van der Waals surface area contributed by atoms with Gasteiger partial charge in [-0.25, -0.2) is 26.6 Å². The highest BCUT2D eigenvalue weighted by Crippen LogP contribution is 2.40. The van der Waals surface area contributed by atoms with Crippen LogP contribution in [0.2, 0.25) is 0 Å². The number of rotatable bonds is 6. The van der Waals surface area contributed by atoms with Crippen molar-refractivity contribution in [3.63, 3.8) is 0 Å². The number of anilines is 1. The second-order valence-corrected chi connectivity index (χ2v) is 11.4. The third kappa shape index (κ3) is 5.53. The first-order valence-corrected chi connectivity index (χ1v) is 13.9. The summed E-state index contributed by atoms with van der Waals surface area (Å²) in [4.78, 5) is 20.3. The number of aliphatic hydroxyl groups is 1. The molecule has 3 heterocycles. The van der Waals surface area contributed by atoms with Crippen LogP contribution in [0.3, 0.4) is 0 Å². The van der Waals surface area contributed by atoms with Crippen LogP contribution in [0.4, 0.5) is 18.9 Å². The monoisotopic (exact) mass is 564 g/mol. The summed E-state index contributed by atoms with van der Waals surface area (Å²) in [5.41, 5.74) is 3.70. The molecular formula is C26H27F3N4O5S. The van der Waals surface area contributed by atoms with Crippen molar-refractivity contribution in [2.24, 2.45) is 5.73 Å². The molecule has 13 heteroatoms. The third-order valence-electron chi connectivity index (χ3n) is 6.96. The number of hydrogen-bond donors (Lipinski definition) is 3. The average Bonchev–Trinajstić information content (AvgIpc) is 2.87.